The third kappa shape index (κ3) is 6.29. The largest absolute Gasteiger partial charge is 0.302 e. The van der Waals surface area contributed by atoms with Crippen LogP contribution in [0.3, 0.4) is 0 Å². The Balaban J connectivity index is 1.26. The summed E-state index contributed by atoms with van der Waals surface area (Å²) in [6, 6.07) is 17.5. The van der Waals surface area contributed by atoms with Crippen LogP contribution in [0.4, 0.5) is 5.13 Å². The molecule has 0 bridgehead atoms. The van der Waals surface area contributed by atoms with Crippen molar-refractivity contribution in [1.29, 1.82) is 0 Å². The summed E-state index contributed by atoms with van der Waals surface area (Å²) in [7, 11) is 0. The molecular formula is C24H20ClN3O2S3. The third-order valence-corrected chi connectivity index (χ3v) is 7.51. The Hall–Kier alpha value is -2.52. The van der Waals surface area contributed by atoms with Crippen LogP contribution in [0.15, 0.2) is 65.7 Å². The predicted octanol–water partition coefficient (Wildman–Crippen LogP) is 6.01. The Labute approximate surface area is 210 Å². The van der Waals surface area contributed by atoms with Gasteiger partial charge in [-0.1, -0.05) is 84.1 Å². The van der Waals surface area contributed by atoms with Crippen molar-refractivity contribution in [3.63, 3.8) is 0 Å². The van der Waals surface area contributed by atoms with Gasteiger partial charge in [0, 0.05) is 35.5 Å². The summed E-state index contributed by atoms with van der Waals surface area (Å²) in [6.45, 7) is 0.384. The second kappa shape index (κ2) is 11.1. The summed E-state index contributed by atoms with van der Waals surface area (Å²) in [5.74, 6) is -0.288. The number of thioether (sulfide) groups is 1. The number of hydrogen-bond acceptors (Lipinski definition) is 6. The lowest BCUT2D eigenvalue weighted by Crippen LogP contribution is -2.29. The maximum absolute atomic E-state index is 12.7. The normalized spacial score (nSPS) is 14.8. The molecule has 168 valence electrons. The first kappa shape index (κ1) is 23.6. The van der Waals surface area contributed by atoms with Gasteiger partial charge in [-0.15, -0.1) is 11.3 Å². The number of thiazole rings is 1. The molecule has 2 aromatic carbocycles. The zero-order valence-corrected chi connectivity index (χ0v) is 20.7. The monoisotopic (exact) mass is 513 g/mol. The number of carbonyl (C=O) groups excluding carboxylic acids is 2. The topological polar surface area (TPSA) is 62.3 Å². The molecule has 1 aliphatic rings. The molecule has 0 aliphatic carbocycles. The van der Waals surface area contributed by atoms with Crippen molar-refractivity contribution in [2.45, 2.75) is 19.3 Å². The highest BCUT2D eigenvalue weighted by Gasteiger charge is 2.31. The number of carbonyl (C=O) groups is 2. The molecule has 1 fully saturated rings. The molecule has 4 rings (SSSR count). The summed E-state index contributed by atoms with van der Waals surface area (Å²) in [4.78, 5) is 32.6. The molecular weight excluding hydrogens is 494 g/mol. The lowest BCUT2D eigenvalue weighted by molar-refractivity contribution is -0.122. The molecule has 33 heavy (non-hydrogen) atoms. The standard InChI is InChI=1S/C24H20ClN3O2S3/c25-19-10-5-4-9-17(19)14-20-22(30)28(24(31)33-20)12-6-11-21(29)27-23-26-15-18(32-23)13-16-7-2-1-3-8-16/h1-5,7-10,14-15H,6,11-13H2,(H,26,27,29). The van der Waals surface area contributed by atoms with Gasteiger partial charge < -0.3 is 5.32 Å². The van der Waals surface area contributed by atoms with Crippen LogP contribution in [-0.4, -0.2) is 32.6 Å². The van der Waals surface area contributed by atoms with E-state index in [0.717, 1.165) is 16.9 Å². The minimum atomic E-state index is -0.157. The van der Waals surface area contributed by atoms with Gasteiger partial charge in [0.1, 0.15) is 4.32 Å². The first-order valence-corrected chi connectivity index (χ1v) is 12.7. The second-order valence-corrected chi connectivity index (χ2v) is 10.5. The van der Waals surface area contributed by atoms with Gasteiger partial charge in [-0.25, -0.2) is 4.98 Å². The predicted molar refractivity (Wildman–Crippen MR) is 141 cm³/mol. The fourth-order valence-electron chi connectivity index (χ4n) is 3.25. The Morgan fingerprint density at radius 2 is 1.91 bits per heavy atom. The van der Waals surface area contributed by atoms with Crippen molar-refractivity contribution >= 4 is 74.3 Å². The van der Waals surface area contributed by atoms with E-state index in [0.29, 0.717) is 32.3 Å². The number of nitrogens with one attached hydrogen (secondary N) is 1. The average molecular weight is 514 g/mol. The first-order valence-electron chi connectivity index (χ1n) is 10.3. The van der Waals surface area contributed by atoms with Crippen LogP contribution in [0.25, 0.3) is 6.08 Å². The van der Waals surface area contributed by atoms with E-state index in [1.165, 1.54) is 33.6 Å². The van der Waals surface area contributed by atoms with Crippen molar-refractivity contribution in [2.24, 2.45) is 0 Å². The fraction of sp³-hybridized carbons (Fsp3) is 0.167. The Morgan fingerprint density at radius 1 is 1.15 bits per heavy atom. The van der Waals surface area contributed by atoms with Crippen molar-refractivity contribution in [2.75, 3.05) is 11.9 Å². The number of halogens is 1. The molecule has 2 amide bonds. The van der Waals surface area contributed by atoms with Crippen LogP contribution >= 0.6 is 46.9 Å². The summed E-state index contributed by atoms with van der Waals surface area (Å²) < 4.78 is 0.490. The summed E-state index contributed by atoms with van der Waals surface area (Å²) >= 11 is 14.3. The van der Waals surface area contributed by atoms with Gasteiger partial charge in [0.2, 0.25) is 5.91 Å². The maximum Gasteiger partial charge on any atom is 0.266 e. The lowest BCUT2D eigenvalue weighted by Gasteiger charge is -2.13. The number of thiocarbonyl (C=S) groups is 1. The van der Waals surface area contributed by atoms with Gasteiger partial charge in [-0.3, -0.25) is 14.5 Å². The summed E-state index contributed by atoms with van der Waals surface area (Å²) in [5, 5.41) is 4.00. The highest BCUT2D eigenvalue weighted by Crippen LogP contribution is 2.34. The molecule has 1 saturated heterocycles. The van der Waals surface area contributed by atoms with Crippen molar-refractivity contribution in [3.8, 4) is 0 Å². The number of anilines is 1. The van der Waals surface area contributed by atoms with Crippen LogP contribution in [0.5, 0.6) is 0 Å². The number of aromatic nitrogens is 1. The highest BCUT2D eigenvalue weighted by molar-refractivity contribution is 8.26. The van der Waals surface area contributed by atoms with Gasteiger partial charge in [0.05, 0.1) is 4.91 Å². The van der Waals surface area contributed by atoms with Gasteiger partial charge in [-0.05, 0) is 29.7 Å². The summed E-state index contributed by atoms with van der Waals surface area (Å²) in [5.41, 5.74) is 1.97. The molecule has 2 heterocycles. The van der Waals surface area contributed by atoms with E-state index in [9.17, 15) is 9.59 Å². The number of nitrogens with zero attached hydrogens (tertiary/aromatic N) is 2. The van der Waals surface area contributed by atoms with E-state index in [-0.39, 0.29) is 18.2 Å². The molecule has 0 spiro atoms. The third-order valence-electron chi connectivity index (χ3n) is 4.87. The fourth-order valence-corrected chi connectivity index (χ4v) is 5.60. The molecule has 1 N–H and O–H groups in total. The van der Waals surface area contributed by atoms with Gasteiger partial charge >= 0.3 is 0 Å². The highest BCUT2D eigenvalue weighted by atomic mass is 35.5. The molecule has 3 aromatic rings. The molecule has 0 unspecified atom stereocenters. The van der Waals surface area contributed by atoms with E-state index < -0.39 is 0 Å². The number of benzene rings is 2. The van der Waals surface area contributed by atoms with E-state index in [4.69, 9.17) is 23.8 Å². The molecule has 1 aromatic heterocycles. The first-order chi connectivity index (χ1) is 16.0. The number of hydrogen-bond donors (Lipinski definition) is 1. The molecule has 1 aliphatic heterocycles. The minimum Gasteiger partial charge on any atom is -0.302 e. The second-order valence-electron chi connectivity index (χ2n) is 7.30. The van der Waals surface area contributed by atoms with Crippen LogP contribution in [0.2, 0.25) is 5.02 Å². The van der Waals surface area contributed by atoms with E-state index in [1.54, 1.807) is 18.3 Å². The zero-order chi connectivity index (χ0) is 23.2. The maximum atomic E-state index is 12.7. The zero-order valence-electron chi connectivity index (χ0n) is 17.5. The van der Waals surface area contributed by atoms with Crippen LogP contribution in [0.1, 0.15) is 28.8 Å². The molecule has 9 heteroatoms. The van der Waals surface area contributed by atoms with E-state index in [2.05, 4.69) is 22.4 Å². The summed E-state index contributed by atoms with van der Waals surface area (Å²) in [6.07, 6.45) is 5.10. The molecule has 0 radical (unpaired) electrons. The van der Waals surface area contributed by atoms with Crippen LogP contribution in [0, 0.1) is 0 Å². The van der Waals surface area contributed by atoms with E-state index in [1.807, 2.05) is 36.4 Å². The number of amides is 2. The number of rotatable bonds is 8. The Morgan fingerprint density at radius 3 is 2.70 bits per heavy atom. The molecule has 0 atom stereocenters. The molecule has 0 saturated carbocycles. The van der Waals surface area contributed by atoms with Crippen LogP contribution in [-0.2, 0) is 16.0 Å². The lowest BCUT2D eigenvalue weighted by atomic mass is 10.1. The SMILES string of the molecule is O=C(CCCN1C(=O)C(=Cc2ccccc2Cl)SC1=S)Nc1ncc(Cc2ccccc2)s1. The van der Waals surface area contributed by atoms with Crippen LogP contribution < -0.4 is 5.32 Å². The quantitative estimate of drug-likeness (QED) is 0.295. The molecule has 5 nitrogen and oxygen atoms in total. The van der Waals surface area contributed by atoms with Crippen molar-refractivity contribution < 1.29 is 9.59 Å². The van der Waals surface area contributed by atoms with Gasteiger partial charge in [0.15, 0.2) is 5.13 Å². The minimum absolute atomic E-state index is 0.132. The Bertz CT molecular complexity index is 1210. The van der Waals surface area contributed by atoms with Gasteiger partial charge in [-0.2, -0.15) is 0 Å². The average Bonchev–Trinajstić information content (AvgIpc) is 3.34. The Kier molecular flexibility index (Phi) is 7.93. The van der Waals surface area contributed by atoms with Crippen molar-refractivity contribution in [3.05, 3.63) is 86.7 Å². The smallest absolute Gasteiger partial charge is 0.266 e. The van der Waals surface area contributed by atoms with E-state index >= 15 is 0 Å². The van der Waals surface area contributed by atoms with Crippen molar-refractivity contribution in [1.82, 2.24) is 9.88 Å². The van der Waals surface area contributed by atoms with Gasteiger partial charge in [0.25, 0.3) is 5.91 Å².